The number of hydrogen-bond donors (Lipinski definition) is 0. The highest BCUT2D eigenvalue weighted by Gasteiger charge is 2.23. The standard InChI is InChI=1S/C18H22N4O2/c1-14-20-18(21-24-14)16-6-9-22(10-7-16)8-3-11-23-17-5-2-4-15(12-17)13-19/h2,4-5,12,16H,3,6-11H2,1H3. The van der Waals surface area contributed by atoms with Gasteiger partial charge in [0.15, 0.2) is 5.82 Å². The van der Waals surface area contributed by atoms with Crippen LogP contribution in [0.1, 0.15) is 42.5 Å². The van der Waals surface area contributed by atoms with Crippen molar-refractivity contribution in [3.05, 3.63) is 41.5 Å². The van der Waals surface area contributed by atoms with Gasteiger partial charge in [-0.1, -0.05) is 11.2 Å². The van der Waals surface area contributed by atoms with Gasteiger partial charge in [-0.25, -0.2) is 0 Å². The average molecular weight is 326 g/mol. The normalized spacial score (nSPS) is 16.0. The van der Waals surface area contributed by atoms with Crippen molar-refractivity contribution in [2.75, 3.05) is 26.2 Å². The summed E-state index contributed by atoms with van der Waals surface area (Å²) in [6, 6.07) is 9.41. The van der Waals surface area contributed by atoms with Crippen LogP contribution in [0, 0.1) is 18.3 Å². The number of benzene rings is 1. The van der Waals surface area contributed by atoms with Crippen LogP contribution < -0.4 is 4.74 Å². The second kappa shape index (κ2) is 7.93. The van der Waals surface area contributed by atoms with Gasteiger partial charge in [0.1, 0.15) is 5.75 Å². The van der Waals surface area contributed by atoms with Crippen LogP contribution in [0.25, 0.3) is 0 Å². The van der Waals surface area contributed by atoms with Gasteiger partial charge in [0.25, 0.3) is 0 Å². The van der Waals surface area contributed by atoms with Crippen LogP contribution in [0.4, 0.5) is 0 Å². The first-order valence-electron chi connectivity index (χ1n) is 8.40. The van der Waals surface area contributed by atoms with E-state index in [0.29, 0.717) is 24.0 Å². The smallest absolute Gasteiger partial charge is 0.223 e. The largest absolute Gasteiger partial charge is 0.494 e. The molecule has 0 N–H and O–H groups in total. The van der Waals surface area contributed by atoms with Crippen LogP contribution in [0.2, 0.25) is 0 Å². The molecule has 0 unspecified atom stereocenters. The number of aryl methyl sites for hydroxylation is 1. The van der Waals surface area contributed by atoms with Crippen molar-refractivity contribution in [3.63, 3.8) is 0 Å². The number of aromatic nitrogens is 2. The summed E-state index contributed by atoms with van der Waals surface area (Å²) in [6.07, 6.45) is 3.12. The number of rotatable bonds is 6. The Kier molecular flexibility index (Phi) is 5.44. The molecule has 1 aromatic heterocycles. The van der Waals surface area contributed by atoms with Gasteiger partial charge >= 0.3 is 0 Å². The van der Waals surface area contributed by atoms with Crippen molar-refractivity contribution in [2.24, 2.45) is 0 Å². The lowest BCUT2D eigenvalue weighted by atomic mass is 9.96. The third-order valence-electron chi connectivity index (χ3n) is 4.35. The predicted molar refractivity (Wildman–Crippen MR) is 88.7 cm³/mol. The minimum absolute atomic E-state index is 0.420. The molecule has 0 saturated carbocycles. The van der Waals surface area contributed by atoms with Gasteiger partial charge in [-0.2, -0.15) is 10.2 Å². The highest BCUT2D eigenvalue weighted by Crippen LogP contribution is 2.25. The van der Waals surface area contributed by atoms with Gasteiger partial charge in [0.2, 0.25) is 5.89 Å². The number of nitrogens with zero attached hydrogens (tertiary/aromatic N) is 4. The van der Waals surface area contributed by atoms with E-state index in [1.807, 2.05) is 19.1 Å². The Morgan fingerprint density at radius 2 is 2.21 bits per heavy atom. The van der Waals surface area contributed by atoms with Gasteiger partial charge in [-0.3, -0.25) is 0 Å². The van der Waals surface area contributed by atoms with Crippen LogP contribution in [0.15, 0.2) is 28.8 Å². The van der Waals surface area contributed by atoms with Gasteiger partial charge in [-0.05, 0) is 50.6 Å². The first-order valence-corrected chi connectivity index (χ1v) is 8.40. The average Bonchev–Trinajstić information content (AvgIpc) is 3.06. The summed E-state index contributed by atoms with van der Waals surface area (Å²) in [7, 11) is 0. The molecule has 0 spiro atoms. The fourth-order valence-electron chi connectivity index (χ4n) is 3.03. The molecule has 0 atom stereocenters. The zero-order valence-electron chi connectivity index (χ0n) is 13.9. The molecule has 1 aromatic carbocycles. The summed E-state index contributed by atoms with van der Waals surface area (Å²) in [4.78, 5) is 6.80. The summed E-state index contributed by atoms with van der Waals surface area (Å²) in [5.41, 5.74) is 0.631. The molecule has 3 rings (SSSR count). The third kappa shape index (κ3) is 4.33. The zero-order chi connectivity index (χ0) is 16.8. The molecule has 1 fully saturated rings. The molecule has 1 aliphatic rings. The topological polar surface area (TPSA) is 75.2 Å². The molecule has 6 nitrogen and oxygen atoms in total. The van der Waals surface area contributed by atoms with Crippen molar-refractivity contribution in [2.45, 2.75) is 32.1 Å². The molecule has 126 valence electrons. The Labute approximate surface area is 142 Å². The summed E-state index contributed by atoms with van der Waals surface area (Å²) < 4.78 is 10.8. The predicted octanol–water partition coefficient (Wildman–Crippen LogP) is 2.90. The van der Waals surface area contributed by atoms with E-state index in [1.54, 1.807) is 12.1 Å². The van der Waals surface area contributed by atoms with Crippen molar-refractivity contribution in [3.8, 4) is 11.8 Å². The van der Waals surface area contributed by atoms with E-state index < -0.39 is 0 Å². The molecule has 0 radical (unpaired) electrons. The fraction of sp³-hybridized carbons (Fsp3) is 0.500. The molecule has 24 heavy (non-hydrogen) atoms. The molecular weight excluding hydrogens is 304 g/mol. The van der Waals surface area contributed by atoms with Crippen molar-refractivity contribution < 1.29 is 9.26 Å². The van der Waals surface area contributed by atoms with E-state index in [0.717, 1.165) is 50.5 Å². The number of likely N-dealkylation sites (tertiary alicyclic amines) is 1. The molecule has 0 bridgehead atoms. The molecule has 6 heteroatoms. The molecule has 0 aliphatic carbocycles. The van der Waals surface area contributed by atoms with E-state index in [4.69, 9.17) is 14.5 Å². The summed E-state index contributed by atoms with van der Waals surface area (Å²) in [5.74, 6) is 2.68. The minimum atomic E-state index is 0.420. The summed E-state index contributed by atoms with van der Waals surface area (Å²) >= 11 is 0. The van der Waals surface area contributed by atoms with Crippen LogP contribution in [-0.2, 0) is 0 Å². The third-order valence-corrected chi connectivity index (χ3v) is 4.35. The second-order valence-corrected chi connectivity index (χ2v) is 6.13. The number of ether oxygens (including phenoxy) is 1. The van der Waals surface area contributed by atoms with E-state index in [-0.39, 0.29) is 0 Å². The summed E-state index contributed by atoms with van der Waals surface area (Å²) in [5, 5.41) is 12.9. The first-order chi connectivity index (χ1) is 11.7. The lowest BCUT2D eigenvalue weighted by molar-refractivity contribution is 0.189. The molecular formula is C18H22N4O2. The van der Waals surface area contributed by atoms with E-state index >= 15 is 0 Å². The van der Waals surface area contributed by atoms with Gasteiger partial charge in [0, 0.05) is 19.4 Å². The Bertz CT molecular complexity index is 699. The lowest BCUT2D eigenvalue weighted by Gasteiger charge is -2.30. The van der Waals surface area contributed by atoms with Crippen molar-refractivity contribution in [1.29, 1.82) is 5.26 Å². The number of nitriles is 1. The number of piperidine rings is 1. The maximum atomic E-state index is 8.88. The van der Waals surface area contributed by atoms with Crippen LogP contribution in [0.5, 0.6) is 5.75 Å². The first kappa shape index (κ1) is 16.5. The minimum Gasteiger partial charge on any atom is -0.494 e. The molecule has 2 aromatic rings. The maximum absolute atomic E-state index is 8.88. The van der Waals surface area contributed by atoms with Crippen molar-refractivity contribution >= 4 is 0 Å². The maximum Gasteiger partial charge on any atom is 0.223 e. The monoisotopic (exact) mass is 326 g/mol. The van der Waals surface area contributed by atoms with Crippen LogP contribution in [0.3, 0.4) is 0 Å². The highest BCUT2D eigenvalue weighted by molar-refractivity contribution is 5.36. The van der Waals surface area contributed by atoms with E-state index in [2.05, 4.69) is 21.1 Å². The molecule has 1 aliphatic heterocycles. The molecule has 2 heterocycles. The molecule has 0 amide bonds. The van der Waals surface area contributed by atoms with Crippen LogP contribution >= 0.6 is 0 Å². The molecule has 1 saturated heterocycles. The Hall–Kier alpha value is -2.39. The highest BCUT2D eigenvalue weighted by atomic mass is 16.5. The second-order valence-electron chi connectivity index (χ2n) is 6.13. The quantitative estimate of drug-likeness (QED) is 0.760. The van der Waals surface area contributed by atoms with Gasteiger partial charge in [0.05, 0.1) is 18.2 Å². The zero-order valence-corrected chi connectivity index (χ0v) is 13.9. The van der Waals surface area contributed by atoms with Gasteiger partial charge in [-0.15, -0.1) is 0 Å². The fourth-order valence-corrected chi connectivity index (χ4v) is 3.03. The van der Waals surface area contributed by atoms with E-state index in [9.17, 15) is 0 Å². The Morgan fingerprint density at radius 3 is 2.92 bits per heavy atom. The van der Waals surface area contributed by atoms with E-state index in [1.165, 1.54) is 0 Å². The van der Waals surface area contributed by atoms with Crippen LogP contribution in [-0.4, -0.2) is 41.3 Å². The summed E-state index contributed by atoms with van der Waals surface area (Å²) in [6.45, 7) is 5.64. The Balaban J connectivity index is 1.35. The van der Waals surface area contributed by atoms with Gasteiger partial charge < -0.3 is 14.2 Å². The Morgan fingerprint density at radius 1 is 1.38 bits per heavy atom. The SMILES string of the molecule is Cc1nc(C2CCN(CCCOc3cccc(C#N)c3)CC2)no1. The van der Waals surface area contributed by atoms with Crippen molar-refractivity contribution in [1.82, 2.24) is 15.0 Å². The lowest BCUT2D eigenvalue weighted by Crippen LogP contribution is -2.34. The number of hydrogen-bond acceptors (Lipinski definition) is 6.